The third-order valence-corrected chi connectivity index (χ3v) is 10.4. The van der Waals surface area contributed by atoms with Crippen molar-refractivity contribution in [2.24, 2.45) is 5.92 Å². The molecule has 1 fully saturated rings. The van der Waals surface area contributed by atoms with Gasteiger partial charge in [0.2, 0.25) is 0 Å². The number of benzene rings is 1. The van der Waals surface area contributed by atoms with Crippen LogP contribution < -0.4 is 5.73 Å². The molecule has 3 aromatic rings. The summed E-state index contributed by atoms with van der Waals surface area (Å²) >= 11 is 0. The van der Waals surface area contributed by atoms with E-state index in [1.165, 1.54) is 12.3 Å². The molecular weight excluding hydrogens is 665 g/mol. The molecule has 22 heteroatoms. The first-order valence-electron chi connectivity index (χ1n) is 13.1. The highest BCUT2D eigenvalue weighted by Crippen LogP contribution is 2.66. The molecule has 45 heavy (non-hydrogen) atoms. The maximum atomic E-state index is 12.1. The Morgan fingerprint density at radius 1 is 1.13 bits per heavy atom. The highest BCUT2D eigenvalue weighted by Gasteiger charge is 2.43. The van der Waals surface area contributed by atoms with Gasteiger partial charge in [-0.15, -0.1) is 0 Å². The summed E-state index contributed by atoms with van der Waals surface area (Å²) in [5.74, 6) is -0.154. The minimum absolute atomic E-state index is 0.0426. The van der Waals surface area contributed by atoms with Gasteiger partial charge in [0.15, 0.2) is 0 Å². The summed E-state index contributed by atoms with van der Waals surface area (Å²) in [7, 11) is -16.7. The number of nitrogens with zero attached hydrogens (tertiary/aromatic N) is 3. The number of aromatic nitrogens is 2. The molecule has 7 N–H and O–H groups in total. The summed E-state index contributed by atoms with van der Waals surface area (Å²) in [4.78, 5) is 51.9. The lowest BCUT2D eigenvalue weighted by Crippen LogP contribution is -2.26. The van der Waals surface area contributed by atoms with Gasteiger partial charge in [0, 0.05) is 41.5 Å². The number of phosphoric ester groups is 1. The van der Waals surface area contributed by atoms with Crippen molar-refractivity contribution in [2.45, 2.75) is 51.4 Å². The molecule has 248 valence electrons. The molecule has 4 unspecified atom stereocenters. The molecule has 1 saturated heterocycles. The van der Waals surface area contributed by atoms with E-state index in [4.69, 9.17) is 25.0 Å². The van der Waals surface area contributed by atoms with E-state index in [1.807, 2.05) is 13.8 Å². The quantitative estimate of drug-likeness (QED) is 0.0799. The summed E-state index contributed by atoms with van der Waals surface area (Å²) in [6, 6.07) is 7.82. The maximum Gasteiger partial charge on any atom is 0.490 e. The Morgan fingerprint density at radius 2 is 1.82 bits per heavy atom. The van der Waals surface area contributed by atoms with Crippen molar-refractivity contribution in [3.8, 4) is 0 Å². The Balaban J connectivity index is 1.52. The van der Waals surface area contributed by atoms with E-state index < -0.39 is 59.5 Å². The number of nitro groups is 1. The first-order chi connectivity index (χ1) is 20.9. The number of aliphatic hydroxyl groups is 1. The van der Waals surface area contributed by atoms with Gasteiger partial charge in [-0.3, -0.25) is 14.6 Å². The lowest BCUT2D eigenvalue weighted by molar-refractivity contribution is -0.386. The van der Waals surface area contributed by atoms with E-state index >= 15 is 0 Å². The first kappa shape index (κ1) is 35.3. The van der Waals surface area contributed by atoms with E-state index in [0.717, 1.165) is 0 Å². The van der Waals surface area contributed by atoms with E-state index in [9.17, 15) is 38.7 Å². The average Bonchev–Trinajstić information content (AvgIpc) is 3.46. The van der Waals surface area contributed by atoms with Crippen molar-refractivity contribution in [1.29, 1.82) is 0 Å². The van der Waals surface area contributed by atoms with E-state index in [1.54, 1.807) is 35.0 Å². The highest BCUT2D eigenvalue weighted by molar-refractivity contribution is 7.66. The van der Waals surface area contributed by atoms with Crippen LogP contribution in [0.2, 0.25) is 0 Å². The van der Waals surface area contributed by atoms with Crippen LogP contribution in [0.1, 0.15) is 43.7 Å². The predicted molar refractivity (Wildman–Crippen MR) is 154 cm³/mol. The standard InChI is InChI=1S/C23H31N4O15P3/c1-13(2)22(15-5-3-4-6-17(15)27(29)30)38-11-14-10-26(23-21(14)16(24)7-8-25-23)20-9-18(28)19(40-20)12-39-44(34,35)42-45(36,37)41-43(31,32)33/h3-8,10,13,18-20,22,28H,9,11-12H2,1-2H3,(H2,24,25)(H,34,35)(H,36,37)(H2,31,32,33)/t18?,19-,20-,22?/m1/s1. The third-order valence-electron chi connectivity index (χ3n) is 6.62. The normalized spacial score (nSPS) is 22.4. The molecule has 6 atom stereocenters. The smallest absolute Gasteiger partial charge is 0.398 e. The zero-order valence-corrected chi connectivity index (χ0v) is 26.3. The molecule has 0 saturated carbocycles. The van der Waals surface area contributed by atoms with Crippen molar-refractivity contribution >= 4 is 45.9 Å². The maximum absolute atomic E-state index is 12.1. The number of nitro benzene ring substituents is 1. The largest absolute Gasteiger partial charge is 0.490 e. The first-order valence-corrected chi connectivity index (χ1v) is 17.6. The lowest BCUT2D eigenvalue weighted by Gasteiger charge is -2.22. The molecule has 0 spiro atoms. The van der Waals surface area contributed by atoms with Crippen molar-refractivity contribution in [3.05, 3.63) is 64.0 Å². The number of nitrogen functional groups attached to an aromatic ring is 1. The Labute approximate surface area is 255 Å². The van der Waals surface area contributed by atoms with Gasteiger partial charge >= 0.3 is 23.5 Å². The number of hydrogen-bond donors (Lipinski definition) is 6. The third kappa shape index (κ3) is 8.81. The number of anilines is 1. The van der Waals surface area contributed by atoms with Gasteiger partial charge in [-0.1, -0.05) is 26.0 Å². The van der Waals surface area contributed by atoms with Crippen LogP contribution in [-0.2, 0) is 42.9 Å². The van der Waals surface area contributed by atoms with Crippen LogP contribution in [0.25, 0.3) is 11.0 Å². The van der Waals surface area contributed by atoms with Crippen molar-refractivity contribution in [3.63, 3.8) is 0 Å². The number of hydrogen-bond acceptors (Lipinski definition) is 13. The molecule has 4 rings (SSSR count). The number of aliphatic hydroxyl groups excluding tert-OH is 1. The molecule has 2 aromatic heterocycles. The van der Waals surface area contributed by atoms with Crippen LogP contribution in [0.4, 0.5) is 11.4 Å². The molecule has 1 aliphatic heterocycles. The number of rotatable bonds is 14. The molecule has 1 aliphatic rings. The lowest BCUT2D eigenvalue weighted by atomic mass is 9.97. The molecule has 3 heterocycles. The van der Waals surface area contributed by atoms with Crippen LogP contribution in [0.15, 0.2) is 42.7 Å². The molecule has 0 aliphatic carbocycles. The number of para-hydroxylation sites is 1. The summed E-state index contributed by atoms with van der Waals surface area (Å²) in [5, 5.41) is 22.7. The fourth-order valence-electron chi connectivity index (χ4n) is 4.83. The van der Waals surface area contributed by atoms with Crippen LogP contribution in [0.3, 0.4) is 0 Å². The average molecular weight is 696 g/mol. The van der Waals surface area contributed by atoms with Gasteiger partial charge in [0.1, 0.15) is 18.0 Å². The Kier molecular flexibility index (Phi) is 10.7. The number of phosphoric acid groups is 3. The zero-order valence-electron chi connectivity index (χ0n) is 23.6. The zero-order chi connectivity index (χ0) is 33.3. The van der Waals surface area contributed by atoms with Crippen LogP contribution in [-0.4, -0.2) is 58.0 Å². The Morgan fingerprint density at radius 3 is 2.47 bits per heavy atom. The van der Waals surface area contributed by atoms with Crippen LogP contribution in [0, 0.1) is 16.0 Å². The van der Waals surface area contributed by atoms with E-state index in [0.29, 0.717) is 27.8 Å². The molecular formula is C23H31N4O15P3. The summed E-state index contributed by atoms with van der Waals surface area (Å²) in [6.07, 6.45) is -1.15. The molecule has 0 amide bonds. The monoisotopic (exact) mass is 696 g/mol. The summed E-state index contributed by atoms with van der Waals surface area (Å²) < 4.78 is 60.0. The Hall–Kier alpha value is -2.60. The molecule has 19 nitrogen and oxygen atoms in total. The highest BCUT2D eigenvalue weighted by atomic mass is 31.3. The molecule has 1 aromatic carbocycles. The van der Waals surface area contributed by atoms with Crippen molar-refractivity contribution in [1.82, 2.24) is 9.55 Å². The van der Waals surface area contributed by atoms with E-state index in [2.05, 4.69) is 18.1 Å². The number of pyridine rings is 1. The van der Waals surface area contributed by atoms with Gasteiger partial charge in [0.05, 0.1) is 35.9 Å². The van der Waals surface area contributed by atoms with Gasteiger partial charge in [-0.25, -0.2) is 18.7 Å². The van der Waals surface area contributed by atoms with Crippen LogP contribution in [0.5, 0.6) is 0 Å². The minimum atomic E-state index is -5.72. The van der Waals surface area contributed by atoms with E-state index in [-0.39, 0.29) is 24.6 Å². The predicted octanol–water partition coefficient (Wildman–Crippen LogP) is 3.43. The second-order valence-corrected chi connectivity index (χ2v) is 14.7. The van der Waals surface area contributed by atoms with Gasteiger partial charge in [0.25, 0.3) is 5.69 Å². The van der Waals surface area contributed by atoms with Gasteiger partial charge in [-0.05, 0) is 18.1 Å². The second kappa shape index (κ2) is 13.6. The van der Waals surface area contributed by atoms with Crippen LogP contribution >= 0.6 is 23.5 Å². The number of nitrogens with two attached hydrogens (primary N) is 1. The topological polar surface area (TPSA) is 285 Å². The van der Waals surface area contributed by atoms with Gasteiger partial charge < -0.3 is 44.5 Å². The number of ether oxygens (including phenoxy) is 2. The number of fused-ring (bicyclic) bond motifs is 1. The second-order valence-electron chi connectivity index (χ2n) is 10.3. The molecule has 0 radical (unpaired) electrons. The SMILES string of the molecule is CC(C)C(OCc1cn([C@H]2CC(O)[C@@H](COP(=O)(O)OP(=O)(O)OP(=O)(O)O)O2)c2nccc(N)c12)c1ccccc1[N+](=O)[O-]. The van der Waals surface area contributed by atoms with Crippen molar-refractivity contribution < 1.29 is 65.9 Å². The fourth-order valence-corrected chi connectivity index (χ4v) is 7.86. The molecule has 0 bridgehead atoms. The summed E-state index contributed by atoms with van der Waals surface area (Å²) in [5.41, 5.74) is 7.80. The fraction of sp³-hybridized carbons (Fsp3) is 0.435. The summed E-state index contributed by atoms with van der Waals surface area (Å²) in [6.45, 7) is 2.82. The minimum Gasteiger partial charge on any atom is -0.398 e. The van der Waals surface area contributed by atoms with Gasteiger partial charge in [-0.2, -0.15) is 8.62 Å². The Bertz CT molecular complexity index is 1700. The van der Waals surface area contributed by atoms with Crippen molar-refractivity contribution in [2.75, 3.05) is 12.3 Å².